The van der Waals surface area contributed by atoms with Gasteiger partial charge in [-0.1, -0.05) is 170 Å². The van der Waals surface area contributed by atoms with Gasteiger partial charge in [-0.05, 0) is 223 Å². The number of benzene rings is 8. The molecule has 0 saturated heterocycles. The van der Waals surface area contributed by atoms with Crippen LogP contribution in [0.3, 0.4) is 0 Å². The Balaban J connectivity index is 0.000000843. The van der Waals surface area contributed by atoms with Gasteiger partial charge in [-0.3, -0.25) is 0 Å². The number of hydrogen-bond donors (Lipinski definition) is 0. The SMILES string of the molecule is C.C.C.C.C.C.C.C.CCC(C)(C)c1ccc(OCCOc2c(COC)cc3c(c2COC)CCN(C)C3)cc1.CCC(C)c1ccc(OCCOc2c(COC)cc3c(c2COC)CCCC3)cc1.CCC(C)c1ccc(OCCOc2c(COC)cc3c(c2COC)CCO3)cc1.CCC(C)c1ccc(OCCOc2c(COC)cc3c(c2COC)CCOC3)cc1. The number of rotatable bonds is 44. The van der Waals surface area contributed by atoms with E-state index >= 15 is 0 Å². The van der Waals surface area contributed by atoms with Gasteiger partial charge in [-0.15, -0.1) is 0 Å². The number of fused-ring (bicyclic) bond motifs is 4. The molecular weight excluding hydrogens is 1620 g/mol. The van der Waals surface area contributed by atoms with Crippen LogP contribution >= 0.6 is 0 Å². The largest absolute Gasteiger partial charge is 0.493 e. The van der Waals surface area contributed by atoms with Crippen LogP contribution in [0.4, 0.5) is 0 Å². The third-order valence-corrected chi connectivity index (χ3v) is 23.7. The summed E-state index contributed by atoms with van der Waals surface area (Å²) in [5, 5.41) is 0. The highest BCUT2D eigenvalue weighted by Crippen LogP contribution is 2.42. The van der Waals surface area contributed by atoms with Crippen LogP contribution < -0.4 is 42.6 Å². The molecule has 3 heterocycles. The first-order valence-electron chi connectivity index (χ1n) is 43.8. The molecule has 0 saturated carbocycles. The van der Waals surface area contributed by atoms with Crippen molar-refractivity contribution in [3.05, 3.63) is 227 Å². The van der Waals surface area contributed by atoms with Crippen LogP contribution in [0.2, 0.25) is 0 Å². The lowest BCUT2D eigenvalue weighted by molar-refractivity contribution is 0.107. The molecule has 1 aliphatic carbocycles. The quantitative estimate of drug-likeness (QED) is 0.0330. The number of nitrogens with zero attached hydrogens (tertiary/aromatic N) is 1. The van der Waals surface area contributed by atoms with E-state index in [4.69, 9.17) is 85.3 Å². The molecule has 19 heteroatoms. The first-order valence-corrected chi connectivity index (χ1v) is 43.8. The van der Waals surface area contributed by atoms with Gasteiger partial charge in [-0.2, -0.15) is 0 Å². The Hall–Kier alpha value is -8.44. The average Bonchev–Trinajstić information content (AvgIpc) is 1.13. The lowest BCUT2D eigenvalue weighted by atomic mass is 9.82. The van der Waals surface area contributed by atoms with Crippen molar-refractivity contribution < 1.29 is 85.3 Å². The normalized spacial score (nSPS) is 13.3. The van der Waals surface area contributed by atoms with Gasteiger partial charge in [0, 0.05) is 126 Å². The van der Waals surface area contributed by atoms with E-state index in [0.29, 0.717) is 137 Å². The zero-order valence-corrected chi connectivity index (χ0v) is 76.2. The molecule has 8 aromatic rings. The minimum Gasteiger partial charge on any atom is -0.493 e. The Morgan fingerprint density at radius 1 is 0.341 bits per heavy atom. The summed E-state index contributed by atoms with van der Waals surface area (Å²) in [6.07, 6.45) is 11.9. The molecule has 4 aliphatic rings. The molecule has 0 fully saturated rings. The van der Waals surface area contributed by atoms with Gasteiger partial charge >= 0.3 is 0 Å². The molecule has 0 N–H and O–H groups in total. The van der Waals surface area contributed by atoms with Crippen molar-refractivity contribution in [2.45, 2.75) is 282 Å². The van der Waals surface area contributed by atoms with Crippen molar-refractivity contribution in [2.24, 2.45) is 0 Å². The van der Waals surface area contributed by atoms with Crippen LogP contribution in [0.15, 0.2) is 121 Å². The van der Waals surface area contributed by atoms with E-state index in [9.17, 15) is 0 Å². The maximum absolute atomic E-state index is 6.28. The lowest BCUT2D eigenvalue weighted by Gasteiger charge is -2.29. The van der Waals surface area contributed by atoms with E-state index in [0.717, 1.165) is 168 Å². The Kier molecular flexibility index (Phi) is 57.7. The predicted octanol–water partition coefficient (Wildman–Crippen LogP) is 25.9. The van der Waals surface area contributed by atoms with Gasteiger partial charge in [0.25, 0.3) is 0 Å². The molecule has 3 unspecified atom stereocenters. The molecule has 0 bridgehead atoms. The monoisotopic (exact) mass is 1800 g/mol. The molecule has 0 aromatic heterocycles. The maximum Gasteiger partial charge on any atom is 0.131 e. The van der Waals surface area contributed by atoms with Gasteiger partial charge in [0.15, 0.2) is 0 Å². The molecule has 0 spiro atoms. The van der Waals surface area contributed by atoms with Crippen LogP contribution in [0.5, 0.6) is 51.7 Å². The van der Waals surface area contributed by atoms with Gasteiger partial charge in [-0.25, -0.2) is 0 Å². The lowest BCUT2D eigenvalue weighted by Crippen LogP contribution is -2.28. The summed E-state index contributed by atoms with van der Waals surface area (Å²) in [6.45, 7) is 32.0. The van der Waals surface area contributed by atoms with E-state index < -0.39 is 0 Å². The van der Waals surface area contributed by atoms with Crippen molar-refractivity contribution in [1.29, 1.82) is 0 Å². The Morgan fingerprint density at radius 2 is 0.651 bits per heavy atom. The second-order valence-electron chi connectivity index (χ2n) is 32.5. The van der Waals surface area contributed by atoms with E-state index in [1.807, 2.05) is 42.5 Å². The number of hydrogen-bond acceptors (Lipinski definition) is 19. The Morgan fingerprint density at radius 3 is 1.02 bits per heavy atom. The van der Waals surface area contributed by atoms with Crippen molar-refractivity contribution in [2.75, 3.05) is 137 Å². The first kappa shape index (κ1) is 119. The zero-order chi connectivity index (χ0) is 86.5. The molecule has 129 heavy (non-hydrogen) atoms. The fourth-order valence-corrected chi connectivity index (χ4v) is 16.0. The van der Waals surface area contributed by atoms with Crippen LogP contribution in [0, 0.1) is 0 Å². The van der Waals surface area contributed by atoms with Crippen LogP contribution in [0.25, 0.3) is 0 Å². The molecule has 3 aliphatic heterocycles. The standard InChI is InChI=1S/C27H39NO4.C26H36O4.C25H34O5.C24H32O5.8CH4/c1-7-27(2,3)22-8-10-23(11-9-22)31-14-15-32-26-21(18-29-5)16-20-17-28(4)13-12-24(20)25(26)19-30-6;1-5-19(2)20-10-12-23(13-11-20)29-14-15-30-26-22(17-27-3)16-21-8-6-7-9-24(21)25(26)18-28-4;1-5-18(2)19-6-8-22(9-7-19)29-12-13-30-25-21(15-26-3)14-20-16-28-11-10-23(20)24(25)17-27-4;1-5-17(2)18-6-8-20(9-7-18)27-12-13-29-24-19(15-25-3)14-23-21(10-11-28-23)22(24)16-26-4;;;;;;;;/h8-11,16H,7,12-15,17-19H2,1-6H3;10-13,16,19H,5-9,14-15,17-18H2,1-4H3;6-9,14,18H,5,10-13,15-17H2,1-4H3;6-9,14,17H,5,10-13,15-16H2,1-4H3;8*1H4. The number of aryl methyl sites for hydroxylation is 1. The van der Waals surface area contributed by atoms with Gasteiger partial charge in [0.05, 0.1) is 72.7 Å². The first-order chi connectivity index (χ1) is 58.9. The summed E-state index contributed by atoms with van der Waals surface area (Å²) >= 11 is 0. The summed E-state index contributed by atoms with van der Waals surface area (Å²) < 4.78 is 104. The average molecular weight is 1800 g/mol. The van der Waals surface area contributed by atoms with Gasteiger partial charge in [0.1, 0.15) is 105 Å². The minimum absolute atomic E-state index is 0. The number of likely N-dealkylation sites (N-methyl/N-ethyl adjacent to an activating group) is 1. The predicted molar refractivity (Wildman–Crippen MR) is 534 cm³/mol. The van der Waals surface area contributed by atoms with E-state index in [-0.39, 0.29) is 64.8 Å². The van der Waals surface area contributed by atoms with Crippen molar-refractivity contribution in [3.63, 3.8) is 0 Å². The smallest absolute Gasteiger partial charge is 0.131 e. The third-order valence-electron chi connectivity index (χ3n) is 23.7. The fraction of sp³-hybridized carbons (Fsp3) is 0.564. The number of ether oxygens (including phenoxy) is 18. The van der Waals surface area contributed by atoms with Crippen molar-refractivity contribution in [3.8, 4) is 51.7 Å². The number of methoxy groups -OCH3 is 8. The molecule has 0 radical (unpaired) electrons. The molecular formula is C110H173NO18. The molecule has 12 rings (SSSR count). The molecule has 3 atom stereocenters. The molecule has 8 aromatic carbocycles. The molecule has 726 valence electrons. The summed E-state index contributed by atoms with van der Waals surface area (Å²) in [4.78, 5) is 2.34. The van der Waals surface area contributed by atoms with Gasteiger partial charge in [0.2, 0.25) is 0 Å². The van der Waals surface area contributed by atoms with E-state index in [1.165, 1.54) is 79.6 Å². The second kappa shape index (κ2) is 62.8. The highest BCUT2D eigenvalue weighted by atomic mass is 16.6. The zero-order valence-electron chi connectivity index (χ0n) is 76.2. The van der Waals surface area contributed by atoms with Gasteiger partial charge < -0.3 is 90.2 Å². The summed E-state index contributed by atoms with van der Waals surface area (Å²) in [7, 11) is 15.9. The molecule has 0 amide bonds. The maximum atomic E-state index is 6.28. The second-order valence-corrected chi connectivity index (χ2v) is 32.5. The molecule has 19 nitrogen and oxygen atoms in total. The van der Waals surface area contributed by atoms with Crippen LogP contribution in [-0.2, 0) is 146 Å². The summed E-state index contributed by atoms with van der Waals surface area (Å²) in [5.41, 5.74) is 23.3. The summed E-state index contributed by atoms with van der Waals surface area (Å²) in [5.74, 6) is 9.57. The highest BCUT2D eigenvalue weighted by molar-refractivity contribution is 5.57. The van der Waals surface area contributed by atoms with Crippen LogP contribution in [-0.4, -0.2) is 141 Å². The van der Waals surface area contributed by atoms with E-state index in [2.05, 4.69) is 153 Å². The van der Waals surface area contributed by atoms with E-state index in [1.54, 1.807) is 56.9 Å². The Bertz CT molecular complexity index is 4240. The topological polar surface area (TPSA) is 169 Å². The third kappa shape index (κ3) is 34.3. The van der Waals surface area contributed by atoms with Crippen molar-refractivity contribution in [1.82, 2.24) is 4.90 Å². The Labute approximate surface area is 782 Å². The van der Waals surface area contributed by atoms with Crippen LogP contribution in [0.1, 0.15) is 284 Å². The summed E-state index contributed by atoms with van der Waals surface area (Å²) in [6, 6.07) is 42.2. The highest BCUT2D eigenvalue weighted by Gasteiger charge is 2.29. The fourth-order valence-electron chi connectivity index (χ4n) is 16.0. The van der Waals surface area contributed by atoms with Crippen molar-refractivity contribution >= 4 is 0 Å². The minimum atomic E-state index is 0.